The van der Waals surface area contributed by atoms with Crippen LogP contribution in [0.4, 0.5) is 14.5 Å². The molecule has 0 saturated carbocycles. The number of aryl methyl sites for hydroxylation is 1. The summed E-state index contributed by atoms with van der Waals surface area (Å²) < 4.78 is 32.9. The predicted octanol–water partition coefficient (Wildman–Crippen LogP) is 5.34. The molecular weight excluding hydrogens is 442 g/mol. The van der Waals surface area contributed by atoms with Crippen molar-refractivity contribution in [3.8, 4) is 16.8 Å². The number of rotatable bonds is 7. The SMILES string of the molecule is CCSNc1cc(C(=CN)c2ccc(-n3cnc(C)n3)cn2)cc(-c2ccc(F)cc2F)c1. The normalized spacial score (nSPS) is 11.6. The average Bonchev–Trinajstić information content (AvgIpc) is 3.25. The summed E-state index contributed by atoms with van der Waals surface area (Å²) in [5.41, 5.74) is 10.5. The summed E-state index contributed by atoms with van der Waals surface area (Å²) >= 11 is 1.51. The van der Waals surface area contributed by atoms with Gasteiger partial charge in [0.1, 0.15) is 23.8 Å². The fourth-order valence-electron chi connectivity index (χ4n) is 3.36. The van der Waals surface area contributed by atoms with Gasteiger partial charge in [0.15, 0.2) is 0 Å². The average molecular weight is 465 g/mol. The van der Waals surface area contributed by atoms with Crippen LogP contribution in [0.25, 0.3) is 22.4 Å². The summed E-state index contributed by atoms with van der Waals surface area (Å²) in [5.74, 6) is 0.248. The lowest BCUT2D eigenvalue weighted by Crippen LogP contribution is -2.00. The zero-order chi connectivity index (χ0) is 23.4. The van der Waals surface area contributed by atoms with Gasteiger partial charge in [0.25, 0.3) is 0 Å². The zero-order valence-corrected chi connectivity index (χ0v) is 18.9. The monoisotopic (exact) mass is 464 g/mol. The van der Waals surface area contributed by atoms with Crippen LogP contribution < -0.4 is 10.5 Å². The third kappa shape index (κ3) is 5.04. The van der Waals surface area contributed by atoms with Gasteiger partial charge < -0.3 is 10.5 Å². The highest BCUT2D eigenvalue weighted by Gasteiger charge is 2.14. The van der Waals surface area contributed by atoms with Gasteiger partial charge in [-0.25, -0.2) is 18.4 Å². The molecule has 0 bridgehead atoms. The molecule has 2 aromatic carbocycles. The minimum absolute atomic E-state index is 0.295. The van der Waals surface area contributed by atoms with E-state index in [-0.39, 0.29) is 0 Å². The summed E-state index contributed by atoms with van der Waals surface area (Å²) in [5, 5.41) is 4.29. The van der Waals surface area contributed by atoms with E-state index in [0.29, 0.717) is 28.2 Å². The van der Waals surface area contributed by atoms with Crippen molar-refractivity contribution in [1.29, 1.82) is 0 Å². The minimum Gasteiger partial charge on any atom is -0.404 e. The minimum atomic E-state index is -0.634. The molecule has 168 valence electrons. The molecule has 4 aromatic rings. The van der Waals surface area contributed by atoms with E-state index >= 15 is 0 Å². The Morgan fingerprint density at radius 3 is 2.61 bits per heavy atom. The molecule has 6 nitrogen and oxygen atoms in total. The van der Waals surface area contributed by atoms with Gasteiger partial charge in [0, 0.05) is 34.8 Å². The second kappa shape index (κ2) is 9.83. The van der Waals surface area contributed by atoms with E-state index < -0.39 is 11.6 Å². The maximum absolute atomic E-state index is 14.5. The van der Waals surface area contributed by atoms with Gasteiger partial charge in [0.2, 0.25) is 0 Å². The van der Waals surface area contributed by atoms with E-state index in [4.69, 9.17) is 5.73 Å². The molecule has 33 heavy (non-hydrogen) atoms. The van der Waals surface area contributed by atoms with Crippen LogP contribution in [0.1, 0.15) is 24.0 Å². The quantitative estimate of drug-likeness (QED) is 0.359. The van der Waals surface area contributed by atoms with E-state index in [2.05, 4.69) is 19.8 Å². The second-order valence-corrected chi connectivity index (χ2v) is 8.25. The topological polar surface area (TPSA) is 81.6 Å². The Kier molecular flexibility index (Phi) is 6.69. The van der Waals surface area contributed by atoms with Crippen LogP contribution >= 0.6 is 11.9 Å². The molecule has 0 fully saturated rings. The Balaban J connectivity index is 1.75. The number of aromatic nitrogens is 4. The summed E-state index contributed by atoms with van der Waals surface area (Å²) in [7, 11) is 0. The molecule has 0 amide bonds. The van der Waals surface area contributed by atoms with Gasteiger partial charge in [-0.15, -0.1) is 0 Å². The summed E-state index contributed by atoms with van der Waals surface area (Å²) in [6.45, 7) is 3.84. The van der Waals surface area contributed by atoms with Gasteiger partial charge in [-0.05, 0) is 60.5 Å². The first-order chi connectivity index (χ1) is 16.0. The Morgan fingerprint density at radius 1 is 1.12 bits per heavy atom. The smallest absolute Gasteiger partial charge is 0.147 e. The van der Waals surface area contributed by atoms with Crippen molar-refractivity contribution >= 4 is 23.2 Å². The molecule has 0 saturated heterocycles. The van der Waals surface area contributed by atoms with Crippen LogP contribution in [0.5, 0.6) is 0 Å². The standard InChI is InChI=1S/C24H22F2N6S/c1-3-33-31-19-9-16(21-6-4-18(25)11-23(21)26)8-17(10-19)22(12-27)24-7-5-20(13-28-24)32-14-29-15(2)30-32/h4-14,31H,3,27H2,1-2H3. The van der Waals surface area contributed by atoms with Crippen molar-refractivity contribution in [2.75, 3.05) is 10.5 Å². The van der Waals surface area contributed by atoms with Crippen LogP contribution in [-0.2, 0) is 0 Å². The molecule has 0 unspecified atom stereocenters. The lowest BCUT2D eigenvalue weighted by molar-refractivity contribution is 0.585. The molecule has 2 heterocycles. The van der Waals surface area contributed by atoms with Crippen molar-refractivity contribution in [3.05, 3.63) is 96.0 Å². The molecular formula is C24H22F2N6S. The van der Waals surface area contributed by atoms with Crippen LogP contribution in [0.3, 0.4) is 0 Å². The van der Waals surface area contributed by atoms with E-state index in [1.54, 1.807) is 17.2 Å². The van der Waals surface area contributed by atoms with E-state index in [1.165, 1.54) is 30.3 Å². The fraction of sp³-hybridized carbons (Fsp3) is 0.125. The third-order valence-corrected chi connectivity index (χ3v) is 5.55. The number of hydrogen-bond donors (Lipinski definition) is 2. The van der Waals surface area contributed by atoms with Crippen LogP contribution in [-0.4, -0.2) is 25.5 Å². The van der Waals surface area contributed by atoms with Gasteiger partial charge in [0.05, 0.1) is 17.6 Å². The number of nitrogens with zero attached hydrogens (tertiary/aromatic N) is 4. The molecule has 0 aliphatic carbocycles. The molecule has 0 atom stereocenters. The summed E-state index contributed by atoms with van der Waals surface area (Å²) in [6, 6.07) is 12.8. The number of halogens is 2. The Hall–Kier alpha value is -3.72. The number of benzene rings is 2. The van der Waals surface area contributed by atoms with Crippen molar-refractivity contribution < 1.29 is 8.78 Å². The molecule has 0 aliphatic rings. The highest BCUT2D eigenvalue weighted by Crippen LogP contribution is 2.33. The van der Waals surface area contributed by atoms with Gasteiger partial charge in [-0.2, -0.15) is 5.10 Å². The molecule has 0 radical (unpaired) electrons. The first-order valence-electron chi connectivity index (χ1n) is 10.2. The lowest BCUT2D eigenvalue weighted by Gasteiger charge is -2.14. The number of nitrogens with two attached hydrogens (primary N) is 1. The Bertz CT molecular complexity index is 1300. The predicted molar refractivity (Wildman–Crippen MR) is 129 cm³/mol. The van der Waals surface area contributed by atoms with Gasteiger partial charge in [-0.1, -0.05) is 18.9 Å². The van der Waals surface area contributed by atoms with Crippen LogP contribution in [0.15, 0.2) is 67.3 Å². The van der Waals surface area contributed by atoms with E-state index in [1.807, 2.05) is 44.2 Å². The first kappa shape index (κ1) is 22.5. The van der Waals surface area contributed by atoms with Gasteiger partial charge >= 0.3 is 0 Å². The van der Waals surface area contributed by atoms with Crippen LogP contribution in [0.2, 0.25) is 0 Å². The number of hydrogen-bond acceptors (Lipinski definition) is 6. The molecule has 3 N–H and O–H groups in total. The maximum Gasteiger partial charge on any atom is 0.147 e. The lowest BCUT2D eigenvalue weighted by atomic mass is 9.96. The largest absolute Gasteiger partial charge is 0.404 e. The highest BCUT2D eigenvalue weighted by molar-refractivity contribution is 8.00. The van der Waals surface area contributed by atoms with E-state index in [0.717, 1.165) is 28.8 Å². The van der Waals surface area contributed by atoms with Crippen molar-refractivity contribution in [2.24, 2.45) is 5.73 Å². The van der Waals surface area contributed by atoms with Crippen molar-refractivity contribution in [1.82, 2.24) is 19.7 Å². The first-order valence-corrected chi connectivity index (χ1v) is 11.2. The fourth-order valence-corrected chi connectivity index (χ4v) is 3.79. The van der Waals surface area contributed by atoms with E-state index in [9.17, 15) is 8.78 Å². The zero-order valence-electron chi connectivity index (χ0n) is 18.1. The molecule has 0 spiro atoms. The molecule has 0 aliphatic heterocycles. The third-order valence-electron chi connectivity index (χ3n) is 4.88. The summed E-state index contributed by atoms with van der Waals surface area (Å²) in [6.07, 6.45) is 4.77. The van der Waals surface area contributed by atoms with Crippen LogP contribution in [0, 0.1) is 18.6 Å². The Labute approximate surface area is 194 Å². The number of pyridine rings is 1. The Morgan fingerprint density at radius 2 is 1.97 bits per heavy atom. The number of anilines is 1. The van der Waals surface area contributed by atoms with Crippen molar-refractivity contribution in [2.45, 2.75) is 13.8 Å². The maximum atomic E-state index is 14.5. The highest BCUT2D eigenvalue weighted by atomic mass is 32.2. The summed E-state index contributed by atoms with van der Waals surface area (Å²) in [4.78, 5) is 8.68. The second-order valence-electron chi connectivity index (χ2n) is 7.18. The molecule has 2 aromatic heterocycles. The van der Waals surface area contributed by atoms with Gasteiger partial charge in [-0.3, -0.25) is 4.98 Å². The number of nitrogens with one attached hydrogen (secondary N) is 1. The molecule has 4 rings (SSSR count). The molecule has 9 heteroatoms. The van der Waals surface area contributed by atoms with Crippen molar-refractivity contribution in [3.63, 3.8) is 0 Å².